The van der Waals surface area contributed by atoms with Gasteiger partial charge in [-0.1, -0.05) is 6.92 Å². The van der Waals surface area contributed by atoms with E-state index in [1.54, 1.807) is 30.1 Å². The van der Waals surface area contributed by atoms with Crippen LogP contribution in [0.1, 0.15) is 38.2 Å². The molecule has 0 saturated carbocycles. The topological polar surface area (TPSA) is 66.5 Å². The molecule has 1 fully saturated rings. The van der Waals surface area contributed by atoms with Crippen LogP contribution in [0.25, 0.3) is 0 Å². The molecule has 2 rings (SSSR count). The maximum absolute atomic E-state index is 12.2. The number of amides is 2. The lowest BCUT2D eigenvalue weighted by atomic mass is 9.91. The third-order valence-corrected chi connectivity index (χ3v) is 6.70. The zero-order valence-electron chi connectivity index (χ0n) is 13.1. The first-order chi connectivity index (χ1) is 10.4. The summed E-state index contributed by atoms with van der Waals surface area (Å²) in [6.45, 7) is 4.81. The Balaban J connectivity index is 1.80. The third kappa shape index (κ3) is 4.71. The summed E-state index contributed by atoms with van der Waals surface area (Å²) in [6, 6.07) is 1.65. The number of hydrogen-bond donors (Lipinski definition) is 1. The van der Waals surface area contributed by atoms with E-state index in [1.807, 2.05) is 0 Å². The molecule has 1 saturated heterocycles. The van der Waals surface area contributed by atoms with Crippen LogP contribution < -0.4 is 5.32 Å². The normalized spacial score (nSPS) is 18.2. The molecule has 1 N–H and O–H groups in total. The van der Waals surface area contributed by atoms with Crippen molar-refractivity contribution in [3.05, 3.63) is 22.4 Å². The Kier molecular flexibility index (Phi) is 5.86. The van der Waals surface area contributed by atoms with Crippen molar-refractivity contribution in [2.45, 2.75) is 38.6 Å². The summed E-state index contributed by atoms with van der Waals surface area (Å²) in [4.78, 5) is 14.0. The summed E-state index contributed by atoms with van der Waals surface area (Å²) in [5, 5.41) is 7.07. The molecule has 0 aliphatic carbocycles. The Morgan fingerprint density at radius 1 is 1.45 bits per heavy atom. The maximum Gasteiger partial charge on any atom is 0.317 e. The fraction of sp³-hybridized carbons (Fsp3) is 0.667. The fourth-order valence-electron chi connectivity index (χ4n) is 2.77. The molecular weight excluding hydrogens is 320 g/mol. The summed E-state index contributed by atoms with van der Waals surface area (Å²) < 4.78 is 23.2. The van der Waals surface area contributed by atoms with Gasteiger partial charge >= 0.3 is 6.03 Å². The van der Waals surface area contributed by atoms with Crippen molar-refractivity contribution in [3.63, 3.8) is 0 Å². The molecule has 0 spiro atoms. The fourth-order valence-corrected chi connectivity index (χ4v) is 4.59. The molecule has 1 aromatic heterocycles. The minimum Gasteiger partial charge on any atom is -0.335 e. The van der Waals surface area contributed by atoms with Crippen LogP contribution in [0.2, 0.25) is 0 Å². The molecule has 0 aromatic carbocycles. The van der Waals surface area contributed by atoms with E-state index >= 15 is 0 Å². The number of likely N-dealkylation sites (tertiary alicyclic amines) is 1. The number of urea groups is 1. The van der Waals surface area contributed by atoms with E-state index in [-0.39, 0.29) is 23.6 Å². The van der Waals surface area contributed by atoms with Crippen molar-refractivity contribution in [2.24, 2.45) is 0 Å². The number of carbonyl (C=O) groups is 1. The predicted octanol–water partition coefficient (Wildman–Crippen LogP) is 2.46. The van der Waals surface area contributed by atoms with Crippen molar-refractivity contribution in [1.82, 2.24) is 10.2 Å². The van der Waals surface area contributed by atoms with E-state index in [4.69, 9.17) is 0 Å². The first-order valence-corrected chi connectivity index (χ1v) is 10.5. The van der Waals surface area contributed by atoms with Crippen LogP contribution in [0.15, 0.2) is 16.8 Å². The molecule has 0 bridgehead atoms. The summed E-state index contributed by atoms with van der Waals surface area (Å²) in [5.74, 6) is 0.646. The van der Waals surface area contributed by atoms with Crippen LogP contribution in [0.5, 0.6) is 0 Å². The molecule has 124 valence electrons. The smallest absolute Gasteiger partial charge is 0.317 e. The second-order valence-corrected chi connectivity index (χ2v) is 9.05. The molecule has 1 aliphatic heterocycles. The molecule has 7 heteroatoms. The number of nitrogens with zero attached hydrogens (tertiary/aromatic N) is 1. The van der Waals surface area contributed by atoms with Gasteiger partial charge in [0, 0.05) is 24.9 Å². The standard InChI is InChI=1S/C15H24N2O3S2/c1-3-22(19,20)11-12(2)16-15(18)17-7-4-13(5-8-17)14-6-9-21-10-14/h6,9-10,12-13H,3-5,7-8,11H2,1-2H3,(H,16,18). The lowest BCUT2D eigenvalue weighted by molar-refractivity contribution is 0.179. The van der Waals surface area contributed by atoms with E-state index < -0.39 is 9.84 Å². The van der Waals surface area contributed by atoms with E-state index in [9.17, 15) is 13.2 Å². The summed E-state index contributed by atoms with van der Waals surface area (Å²) in [5.41, 5.74) is 1.37. The average Bonchev–Trinajstić information content (AvgIpc) is 3.01. The van der Waals surface area contributed by atoms with Crippen LogP contribution >= 0.6 is 11.3 Å². The molecule has 1 atom stereocenters. The van der Waals surface area contributed by atoms with Crippen LogP contribution in [0.3, 0.4) is 0 Å². The third-order valence-electron chi connectivity index (χ3n) is 4.11. The highest BCUT2D eigenvalue weighted by molar-refractivity contribution is 7.91. The zero-order valence-corrected chi connectivity index (χ0v) is 14.8. The number of piperidine rings is 1. The van der Waals surface area contributed by atoms with Crippen LogP contribution in [0, 0.1) is 0 Å². The summed E-state index contributed by atoms with van der Waals surface area (Å²) in [6.07, 6.45) is 1.93. The largest absolute Gasteiger partial charge is 0.335 e. The summed E-state index contributed by atoms with van der Waals surface area (Å²) >= 11 is 1.71. The number of sulfone groups is 1. The van der Waals surface area contributed by atoms with Gasteiger partial charge in [0.2, 0.25) is 0 Å². The van der Waals surface area contributed by atoms with Gasteiger partial charge in [-0.15, -0.1) is 0 Å². The minimum atomic E-state index is -3.07. The van der Waals surface area contributed by atoms with Gasteiger partial charge in [-0.2, -0.15) is 11.3 Å². The molecule has 2 heterocycles. The van der Waals surface area contributed by atoms with Gasteiger partial charge in [-0.05, 0) is 48.1 Å². The molecule has 22 heavy (non-hydrogen) atoms. The Hall–Kier alpha value is -1.08. The van der Waals surface area contributed by atoms with Crippen molar-refractivity contribution in [3.8, 4) is 0 Å². The monoisotopic (exact) mass is 344 g/mol. The van der Waals surface area contributed by atoms with E-state index in [1.165, 1.54) is 5.56 Å². The SMILES string of the molecule is CCS(=O)(=O)CC(C)NC(=O)N1CCC(c2ccsc2)CC1. The number of thiophene rings is 1. The number of carbonyl (C=O) groups excluding carboxylic acids is 1. The quantitative estimate of drug-likeness (QED) is 0.892. The van der Waals surface area contributed by atoms with Gasteiger partial charge in [0.15, 0.2) is 9.84 Å². The Labute approximate surface area is 136 Å². The Bertz CT molecular complexity index is 576. The van der Waals surface area contributed by atoms with Gasteiger partial charge in [0.05, 0.1) is 5.75 Å². The van der Waals surface area contributed by atoms with Gasteiger partial charge in [0.25, 0.3) is 0 Å². The second-order valence-electron chi connectivity index (χ2n) is 5.87. The van der Waals surface area contributed by atoms with Gasteiger partial charge in [-0.3, -0.25) is 0 Å². The number of hydrogen-bond acceptors (Lipinski definition) is 4. The highest BCUT2D eigenvalue weighted by Crippen LogP contribution is 2.29. The number of rotatable bonds is 5. The van der Waals surface area contributed by atoms with Crippen molar-refractivity contribution in [1.29, 1.82) is 0 Å². The molecule has 2 amide bonds. The van der Waals surface area contributed by atoms with Crippen molar-refractivity contribution >= 4 is 27.2 Å². The minimum absolute atomic E-state index is 0.000604. The molecular formula is C15H24N2O3S2. The van der Waals surface area contributed by atoms with Gasteiger partial charge < -0.3 is 10.2 Å². The van der Waals surface area contributed by atoms with E-state index in [2.05, 4.69) is 22.1 Å². The Morgan fingerprint density at radius 2 is 2.14 bits per heavy atom. The molecule has 0 radical (unpaired) electrons. The van der Waals surface area contributed by atoms with Crippen LogP contribution in [-0.4, -0.2) is 50.0 Å². The average molecular weight is 345 g/mol. The van der Waals surface area contributed by atoms with E-state index in [0.717, 1.165) is 25.9 Å². The first kappa shape index (κ1) is 17.3. The lowest BCUT2D eigenvalue weighted by Crippen LogP contribution is -2.48. The molecule has 1 aromatic rings. The zero-order chi connectivity index (χ0) is 16.2. The van der Waals surface area contributed by atoms with Crippen molar-refractivity contribution in [2.75, 3.05) is 24.6 Å². The maximum atomic E-state index is 12.2. The van der Waals surface area contributed by atoms with Crippen molar-refractivity contribution < 1.29 is 13.2 Å². The summed E-state index contributed by atoms with van der Waals surface area (Å²) in [7, 11) is -3.07. The second kappa shape index (κ2) is 7.46. The van der Waals surface area contributed by atoms with Crippen LogP contribution in [-0.2, 0) is 9.84 Å². The number of nitrogens with one attached hydrogen (secondary N) is 1. The van der Waals surface area contributed by atoms with E-state index in [0.29, 0.717) is 5.92 Å². The molecule has 1 aliphatic rings. The highest BCUT2D eigenvalue weighted by Gasteiger charge is 2.25. The molecule has 5 nitrogen and oxygen atoms in total. The highest BCUT2D eigenvalue weighted by atomic mass is 32.2. The van der Waals surface area contributed by atoms with Gasteiger partial charge in [0.1, 0.15) is 0 Å². The Morgan fingerprint density at radius 3 is 2.68 bits per heavy atom. The van der Waals surface area contributed by atoms with Gasteiger partial charge in [-0.25, -0.2) is 13.2 Å². The van der Waals surface area contributed by atoms with Crippen LogP contribution in [0.4, 0.5) is 4.79 Å². The predicted molar refractivity (Wildman–Crippen MR) is 90.2 cm³/mol. The first-order valence-electron chi connectivity index (χ1n) is 7.69. The lowest BCUT2D eigenvalue weighted by Gasteiger charge is -2.32. The molecule has 1 unspecified atom stereocenters.